The van der Waals surface area contributed by atoms with Crippen molar-refractivity contribution in [1.29, 1.82) is 5.26 Å². The molecule has 158 valence electrons. The standard InChI is InChI=1S/C21H30N4O3S/c1-24-12-14-25(15-13-24)18-6-8-19(9-7-18)29(27,28)16-17-4-2-3-5-20(17)21(26)23-11-10-22/h6-9,17,20H,2-5,11-16H2,1H3,(H,23,26)/t17-,20+/m0/s1. The van der Waals surface area contributed by atoms with Crippen LogP contribution >= 0.6 is 0 Å². The number of rotatable bonds is 6. The van der Waals surface area contributed by atoms with E-state index in [2.05, 4.69) is 22.2 Å². The second-order valence-corrected chi connectivity index (χ2v) is 10.1. The number of anilines is 1. The quantitative estimate of drug-likeness (QED) is 0.706. The summed E-state index contributed by atoms with van der Waals surface area (Å²) in [5.74, 6) is -0.760. The summed E-state index contributed by atoms with van der Waals surface area (Å²) in [6.45, 7) is 3.82. The fraction of sp³-hybridized carbons (Fsp3) is 0.619. The van der Waals surface area contributed by atoms with Crippen molar-refractivity contribution >= 4 is 21.4 Å². The fourth-order valence-electron chi connectivity index (χ4n) is 4.32. The molecule has 0 aromatic heterocycles. The first-order chi connectivity index (χ1) is 13.9. The minimum atomic E-state index is -3.47. The van der Waals surface area contributed by atoms with Gasteiger partial charge in [0.05, 0.1) is 16.7 Å². The van der Waals surface area contributed by atoms with Crippen LogP contribution in [-0.2, 0) is 14.6 Å². The Morgan fingerprint density at radius 2 is 1.79 bits per heavy atom. The van der Waals surface area contributed by atoms with Crippen LogP contribution in [0.3, 0.4) is 0 Å². The Morgan fingerprint density at radius 3 is 2.45 bits per heavy atom. The Morgan fingerprint density at radius 1 is 1.14 bits per heavy atom. The number of amides is 1. The normalized spacial score (nSPS) is 23.4. The van der Waals surface area contributed by atoms with Gasteiger partial charge in [-0.05, 0) is 50.1 Å². The molecule has 1 amide bonds. The molecule has 1 aliphatic heterocycles. The molecule has 1 N–H and O–H groups in total. The van der Waals surface area contributed by atoms with E-state index < -0.39 is 9.84 Å². The first kappa shape index (κ1) is 21.6. The zero-order valence-corrected chi connectivity index (χ0v) is 17.8. The molecule has 1 saturated carbocycles. The van der Waals surface area contributed by atoms with E-state index in [1.807, 2.05) is 18.2 Å². The van der Waals surface area contributed by atoms with Gasteiger partial charge < -0.3 is 15.1 Å². The predicted molar refractivity (Wildman–Crippen MR) is 112 cm³/mol. The molecule has 0 spiro atoms. The molecule has 2 aliphatic rings. The lowest BCUT2D eigenvalue weighted by molar-refractivity contribution is -0.127. The Hall–Kier alpha value is -2.11. The van der Waals surface area contributed by atoms with Gasteiger partial charge >= 0.3 is 0 Å². The van der Waals surface area contributed by atoms with Gasteiger partial charge in [0.15, 0.2) is 9.84 Å². The van der Waals surface area contributed by atoms with Crippen LogP contribution in [0.4, 0.5) is 5.69 Å². The van der Waals surface area contributed by atoms with Crippen molar-refractivity contribution in [3.8, 4) is 6.07 Å². The second kappa shape index (κ2) is 9.59. The maximum atomic E-state index is 13.0. The van der Waals surface area contributed by atoms with E-state index in [9.17, 15) is 13.2 Å². The molecule has 1 aliphatic carbocycles. The van der Waals surface area contributed by atoms with Crippen molar-refractivity contribution in [3.63, 3.8) is 0 Å². The molecular formula is C21H30N4O3S. The van der Waals surface area contributed by atoms with Crippen LogP contribution in [0.1, 0.15) is 25.7 Å². The summed E-state index contributed by atoms with van der Waals surface area (Å²) in [4.78, 5) is 17.2. The van der Waals surface area contributed by atoms with Crippen molar-refractivity contribution in [2.75, 3.05) is 50.4 Å². The minimum absolute atomic E-state index is 0.0223. The summed E-state index contributed by atoms with van der Waals surface area (Å²) in [6, 6.07) is 9.06. The van der Waals surface area contributed by atoms with Crippen molar-refractivity contribution in [2.45, 2.75) is 30.6 Å². The smallest absolute Gasteiger partial charge is 0.224 e. The third-order valence-corrected chi connectivity index (χ3v) is 7.94. The Balaban J connectivity index is 1.68. The third-order valence-electron chi connectivity index (χ3n) is 6.09. The van der Waals surface area contributed by atoms with Crippen molar-refractivity contribution in [2.24, 2.45) is 11.8 Å². The first-order valence-electron chi connectivity index (χ1n) is 10.3. The molecule has 3 rings (SSSR count). The molecular weight excluding hydrogens is 388 g/mol. The largest absolute Gasteiger partial charge is 0.369 e. The predicted octanol–water partition coefficient (Wildman–Crippen LogP) is 1.66. The van der Waals surface area contributed by atoms with Gasteiger partial charge in [-0.3, -0.25) is 4.79 Å². The molecule has 0 unspecified atom stereocenters. The molecule has 1 heterocycles. The van der Waals surface area contributed by atoms with Gasteiger partial charge in [0, 0.05) is 37.8 Å². The number of nitriles is 1. The summed E-state index contributed by atoms with van der Waals surface area (Å²) in [5, 5.41) is 11.3. The molecule has 2 atom stereocenters. The maximum Gasteiger partial charge on any atom is 0.224 e. The van der Waals surface area contributed by atoms with E-state index in [1.165, 1.54) is 0 Å². The van der Waals surface area contributed by atoms with Crippen LogP contribution in [-0.4, -0.2) is 64.7 Å². The minimum Gasteiger partial charge on any atom is -0.369 e. The van der Waals surface area contributed by atoms with Crippen LogP contribution in [0.2, 0.25) is 0 Å². The molecule has 7 nitrogen and oxygen atoms in total. The summed E-state index contributed by atoms with van der Waals surface area (Å²) in [7, 11) is -1.37. The van der Waals surface area contributed by atoms with Crippen LogP contribution < -0.4 is 10.2 Å². The van der Waals surface area contributed by atoms with Crippen molar-refractivity contribution in [3.05, 3.63) is 24.3 Å². The number of hydrogen-bond acceptors (Lipinski definition) is 6. The summed E-state index contributed by atoms with van der Waals surface area (Å²) in [6.07, 6.45) is 3.26. The highest BCUT2D eigenvalue weighted by molar-refractivity contribution is 7.91. The van der Waals surface area contributed by atoms with E-state index >= 15 is 0 Å². The molecule has 8 heteroatoms. The summed E-state index contributed by atoms with van der Waals surface area (Å²) >= 11 is 0. The third kappa shape index (κ3) is 5.49. The van der Waals surface area contributed by atoms with E-state index in [-0.39, 0.29) is 30.0 Å². The van der Waals surface area contributed by atoms with Gasteiger partial charge in [0.1, 0.15) is 6.54 Å². The van der Waals surface area contributed by atoms with Crippen molar-refractivity contribution in [1.82, 2.24) is 10.2 Å². The second-order valence-electron chi connectivity index (χ2n) is 8.09. The monoisotopic (exact) mass is 418 g/mol. The Labute approximate surface area is 173 Å². The average Bonchev–Trinajstić information content (AvgIpc) is 2.73. The number of hydrogen-bond donors (Lipinski definition) is 1. The molecule has 29 heavy (non-hydrogen) atoms. The van der Waals surface area contributed by atoms with Gasteiger partial charge in [-0.15, -0.1) is 0 Å². The van der Waals surface area contributed by atoms with Gasteiger partial charge in [0.2, 0.25) is 5.91 Å². The summed E-state index contributed by atoms with van der Waals surface area (Å²) in [5.41, 5.74) is 1.04. The zero-order valence-electron chi connectivity index (χ0n) is 17.0. The van der Waals surface area contributed by atoms with Gasteiger partial charge in [-0.2, -0.15) is 5.26 Å². The van der Waals surface area contributed by atoms with E-state index in [0.717, 1.165) is 51.1 Å². The summed E-state index contributed by atoms with van der Waals surface area (Å²) < 4.78 is 26.0. The molecule has 0 bridgehead atoms. The van der Waals surface area contributed by atoms with Gasteiger partial charge in [0.25, 0.3) is 0 Å². The number of likely N-dealkylation sites (N-methyl/N-ethyl adjacent to an activating group) is 1. The van der Waals surface area contributed by atoms with Gasteiger partial charge in [-0.25, -0.2) is 8.42 Å². The lowest BCUT2D eigenvalue weighted by atomic mass is 9.80. The topological polar surface area (TPSA) is 93.5 Å². The molecule has 1 saturated heterocycles. The fourth-order valence-corrected chi connectivity index (χ4v) is 6.02. The highest BCUT2D eigenvalue weighted by Gasteiger charge is 2.34. The molecule has 1 aromatic carbocycles. The molecule has 0 radical (unpaired) electrons. The van der Waals surface area contributed by atoms with Gasteiger partial charge in [-0.1, -0.05) is 12.8 Å². The first-order valence-corrected chi connectivity index (χ1v) is 12.0. The maximum absolute atomic E-state index is 13.0. The van der Waals surface area contributed by atoms with Crippen LogP contribution in [0.5, 0.6) is 0 Å². The number of benzene rings is 1. The van der Waals surface area contributed by atoms with E-state index in [4.69, 9.17) is 5.26 Å². The Bertz CT molecular complexity index is 840. The number of piperazine rings is 1. The van der Waals surface area contributed by atoms with Crippen LogP contribution in [0, 0.1) is 23.2 Å². The van der Waals surface area contributed by atoms with E-state index in [1.54, 1.807) is 12.1 Å². The number of nitrogens with zero attached hydrogens (tertiary/aromatic N) is 3. The highest BCUT2D eigenvalue weighted by Crippen LogP contribution is 2.33. The lowest BCUT2D eigenvalue weighted by Crippen LogP contribution is -2.44. The molecule has 2 fully saturated rings. The SMILES string of the molecule is CN1CCN(c2ccc(S(=O)(=O)C[C@@H]3CCCC[C@H]3C(=O)NCC#N)cc2)CC1. The van der Waals surface area contributed by atoms with Crippen LogP contribution in [0.15, 0.2) is 29.2 Å². The highest BCUT2D eigenvalue weighted by atomic mass is 32.2. The molecule has 1 aromatic rings. The number of sulfone groups is 1. The number of nitrogens with one attached hydrogen (secondary N) is 1. The number of carbonyl (C=O) groups excluding carboxylic acids is 1. The Kier molecular flexibility index (Phi) is 7.14. The van der Waals surface area contributed by atoms with E-state index in [0.29, 0.717) is 11.3 Å². The zero-order chi connectivity index (χ0) is 20.9. The average molecular weight is 419 g/mol. The number of carbonyl (C=O) groups is 1. The van der Waals surface area contributed by atoms with Crippen molar-refractivity contribution < 1.29 is 13.2 Å². The lowest BCUT2D eigenvalue weighted by Gasteiger charge is -2.34. The van der Waals surface area contributed by atoms with Crippen LogP contribution in [0.25, 0.3) is 0 Å².